The Kier molecular flexibility index (Phi) is 31.5. The standard InChI is InChI=1S/C25H26N4O.C24H25N5O.C14H14ClN3O.C7H6Cl2N2O.C7H8N2O3.C7H10O4.C5H8O2/c1-17(2)23-14-19-10-6-7-11-22(19)29(23)25-27-21-12-13-30-16-20(21)24(28-25)26-15-18-8-4-3-5-9-18;1-16(25)22-13-18-9-5-6-10-21(18)29(22)24-27-20-11-12-30-15-19(20)23(28-24)26-14-17-7-3-2-4-8-17;15-14-17-12-6-7-19-9-11(12)13(18-14)16-8-10-4-2-1-3-5-10;8-6-4-3-12-2-1-5(4)10-7(9)11-6;10-6-4-3-12-2-1-5(4)8-7(11)9-6;1-10-7(9)5-4-11-3-2-6(5)8;6-5-1-3-7-4-2-5/h3-11,14,17H,12-13,15-16H2,1-2H3,(H,26,27,28);2-10,13,16H,11-12,14-15,25H2,1H3,(H,26,27,28);1-5H,6-9H2,(H,16,17,18);1-3H2;1-3H2,(H2,8,9,10,11);5H,2-4H2,1H3;1-4H2. The van der Waals surface area contributed by atoms with Gasteiger partial charge in [-0.25, -0.2) is 34.7 Å². The second-order valence-electron chi connectivity index (χ2n) is 29.4. The molecule has 14 heterocycles. The van der Waals surface area contributed by atoms with E-state index < -0.39 is 17.6 Å². The van der Waals surface area contributed by atoms with Crippen LogP contribution in [0.3, 0.4) is 0 Å². The molecule has 0 aliphatic carbocycles. The number of para-hydroxylation sites is 2. The minimum atomic E-state index is -0.686. The number of H-pyrrole nitrogens is 2. The van der Waals surface area contributed by atoms with E-state index in [1.165, 1.54) is 34.9 Å². The molecule has 2 fully saturated rings. The summed E-state index contributed by atoms with van der Waals surface area (Å²) in [5, 5.41) is 13.6. The molecule has 2 unspecified atom stereocenters. The maximum atomic E-state index is 11.1. The van der Waals surface area contributed by atoms with E-state index >= 15 is 0 Å². The van der Waals surface area contributed by atoms with Gasteiger partial charge in [-0.15, -0.1) is 0 Å². The van der Waals surface area contributed by atoms with Gasteiger partial charge in [-0.1, -0.05) is 153 Å². The average Bonchev–Trinajstić information content (AvgIpc) is 1.63. The molecule has 7 aliphatic heterocycles. The number of benzene rings is 5. The van der Waals surface area contributed by atoms with Gasteiger partial charge in [0.25, 0.3) is 5.56 Å². The van der Waals surface area contributed by atoms with Crippen LogP contribution in [-0.4, -0.2) is 143 Å². The van der Waals surface area contributed by atoms with E-state index in [1.807, 2.05) is 61.5 Å². The number of ether oxygens (including phenoxy) is 8. The molecule has 5 aromatic carbocycles. The van der Waals surface area contributed by atoms with E-state index in [2.05, 4.69) is 171 Å². The van der Waals surface area contributed by atoms with Crippen LogP contribution in [0.15, 0.2) is 161 Å². The number of aromatic amines is 2. The molecule has 19 rings (SSSR count). The van der Waals surface area contributed by atoms with Crippen LogP contribution < -0.4 is 32.9 Å². The molecule has 121 heavy (non-hydrogen) atoms. The molecule has 632 valence electrons. The number of methoxy groups -OCH3 is 1. The first-order valence-electron chi connectivity index (χ1n) is 40.3. The lowest BCUT2D eigenvalue weighted by molar-refractivity contribution is -0.155. The number of fused-ring (bicyclic) bond motifs is 7. The molecule has 7 aromatic heterocycles. The van der Waals surface area contributed by atoms with Gasteiger partial charge in [0.05, 0.1) is 139 Å². The van der Waals surface area contributed by atoms with Gasteiger partial charge in [0.2, 0.25) is 22.5 Å². The van der Waals surface area contributed by atoms with Crippen molar-refractivity contribution < 1.29 is 52.3 Å². The number of nitrogens with zero attached hydrogens (tertiary/aromatic N) is 10. The Bertz CT molecular complexity index is 5460. The normalized spacial score (nSPS) is 15.8. The highest BCUT2D eigenvalue weighted by atomic mass is 35.5. The van der Waals surface area contributed by atoms with Crippen LogP contribution in [0.2, 0.25) is 15.7 Å². The van der Waals surface area contributed by atoms with Crippen molar-refractivity contribution >= 4 is 91.6 Å². The zero-order valence-corrected chi connectivity index (χ0v) is 70.1. The molecule has 0 saturated carbocycles. The molecule has 2 atom stereocenters. The van der Waals surface area contributed by atoms with E-state index in [4.69, 9.17) is 93.6 Å². The van der Waals surface area contributed by atoms with Gasteiger partial charge < -0.3 is 64.6 Å². The maximum Gasteiger partial charge on any atom is 0.325 e. The first-order chi connectivity index (χ1) is 58.9. The third-order valence-corrected chi connectivity index (χ3v) is 21.2. The first-order valence-corrected chi connectivity index (χ1v) is 41.4. The number of nitrogens with two attached hydrogens (primary N) is 1. The largest absolute Gasteiger partial charge is 0.468 e. The Balaban J connectivity index is 0.000000129. The summed E-state index contributed by atoms with van der Waals surface area (Å²) in [5.74, 6) is 3.30. The van der Waals surface area contributed by atoms with Crippen LogP contribution in [0.25, 0.3) is 33.7 Å². The number of hydrogen-bond donors (Lipinski definition) is 6. The van der Waals surface area contributed by atoms with Crippen LogP contribution >= 0.6 is 34.8 Å². The summed E-state index contributed by atoms with van der Waals surface area (Å²) in [7, 11) is 1.27. The van der Waals surface area contributed by atoms with Gasteiger partial charge >= 0.3 is 11.7 Å². The third kappa shape index (κ3) is 23.6. The molecule has 7 N–H and O–H groups in total. The number of carbonyl (C=O) groups is 3. The van der Waals surface area contributed by atoms with E-state index in [1.54, 1.807) is 0 Å². The number of aromatic nitrogens is 12. The topological polar surface area (TPSA) is 366 Å². The van der Waals surface area contributed by atoms with E-state index in [0.29, 0.717) is 165 Å². The monoisotopic (exact) mass is 1700 g/mol. The van der Waals surface area contributed by atoms with Crippen LogP contribution in [0, 0.1) is 5.92 Å². The predicted molar refractivity (Wildman–Crippen MR) is 460 cm³/mol. The first kappa shape index (κ1) is 87.7. The quantitative estimate of drug-likeness (QED) is 0.0255. The number of halogens is 3. The summed E-state index contributed by atoms with van der Waals surface area (Å²) in [6, 6.07) is 51.8. The average molecular weight is 1710 g/mol. The Morgan fingerprint density at radius 1 is 0.463 bits per heavy atom. The van der Waals surface area contributed by atoms with Crippen molar-refractivity contribution in [1.29, 1.82) is 0 Å². The van der Waals surface area contributed by atoms with Crippen molar-refractivity contribution in [2.24, 2.45) is 11.7 Å². The second kappa shape index (κ2) is 43.4. The Morgan fingerprint density at radius 2 is 0.868 bits per heavy atom. The minimum absolute atomic E-state index is 0.0805. The van der Waals surface area contributed by atoms with Gasteiger partial charge in [0.15, 0.2) is 5.78 Å². The summed E-state index contributed by atoms with van der Waals surface area (Å²) < 4.78 is 45.8. The molecule has 12 aromatic rings. The van der Waals surface area contributed by atoms with Crippen molar-refractivity contribution in [2.75, 3.05) is 82.5 Å². The van der Waals surface area contributed by atoms with Gasteiger partial charge in [0.1, 0.15) is 34.3 Å². The predicted octanol–water partition coefficient (Wildman–Crippen LogP) is 13.3. The lowest BCUT2D eigenvalue weighted by Crippen LogP contribution is -2.34. The smallest absolute Gasteiger partial charge is 0.325 e. The number of anilines is 3. The molecule has 7 aliphatic rings. The molecular formula is C89H97Cl3N16O13. The highest BCUT2D eigenvalue weighted by Gasteiger charge is 2.31. The number of esters is 1. The van der Waals surface area contributed by atoms with Crippen LogP contribution in [0.1, 0.15) is 136 Å². The number of hydrogen-bond acceptors (Lipinski definition) is 25. The van der Waals surface area contributed by atoms with E-state index in [9.17, 15) is 24.0 Å². The van der Waals surface area contributed by atoms with Crippen molar-refractivity contribution in [1.82, 2.24) is 59.0 Å². The van der Waals surface area contributed by atoms with E-state index in [-0.39, 0.29) is 34.6 Å². The molecule has 0 radical (unpaired) electrons. The summed E-state index contributed by atoms with van der Waals surface area (Å²) in [6.45, 7) is 16.1. The summed E-state index contributed by atoms with van der Waals surface area (Å²) in [4.78, 5) is 95.2. The SMILES string of the molecule is CC(C)c1cc2ccccc2n1-c1nc2c(c(NCc3ccccc3)n1)COCC2.CC(N)c1cc2ccccc2n1-c1nc2c(c(NCc3ccccc3)n1)COCC2.COC(=O)C1COCCC1=O.Clc1nc(Cl)c2c(n1)CCOC2.Clc1nc2c(c(NCc3ccccc3)n1)COCC2.O=C1CCOCC1.O=c1[nH]c2c(c(=O)[nH]1)COCC2. The van der Waals surface area contributed by atoms with Gasteiger partial charge in [-0.2, -0.15) is 9.97 Å². The highest BCUT2D eigenvalue weighted by Crippen LogP contribution is 2.34. The maximum absolute atomic E-state index is 11.1. The van der Waals surface area contributed by atoms with Crippen LogP contribution in [0.4, 0.5) is 17.5 Å². The van der Waals surface area contributed by atoms with Crippen LogP contribution in [-0.2, 0) is 137 Å². The zero-order chi connectivity index (χ0) is 84.6. The van der Waals surface area contributed by atoms with Crippen molar-refractivity contribution in [3.8, 4) is 11.9 Å². The number of nitrogens with one attached hydrogen (secondary N) is 5. The van der Waals surface area contributed by atoms with Crippen molar-refractivity contribution in [2.45, 2.75) is 137 Å². The molecule has 0 amide bonds. The Morgan fingerprint density at radius 3 is 1.33 bits per heavy atom. The number of Topliss-reactive ketones (excluding diaryl/α,β-unsaturated/α-hetero) is 2. The van der Waals surface area contributed by atoms with Crippen LogP contribution in [0.5, 0.6) is 0 Å². The third-order valence-electron chi connectivity index (χ3n) is 20.6. The summed E-state index contributed by atoms with van der Waals surface area (Å²) in [5.41, 5.74) is 22.8. The fourth-order valence-corrected chi connectivity index (χ4v) is 14.9. The van der Waals surface area contributed by atoms with Gasteiger partial charge in [0, 0.05) is 127 Å². The van der Waals surface area contributed by atoms with E-state index in [0.717, 1.165) is 116 Å². The molecule has 2 saturated heterocycles. The van der Waals surface area contributed by atoms with Crippen molar-refractivity contribution in [3.63, 3.8) is 0 Å². The second-order valence-corrected chi connectivity index (χ2v) is 30.4. The minimum Gasteiger partial charge on any atom is -0.468 e. The fraction of sp³-hybridized carbons (Fsp3) is 0.360. The molecule has 0 spiro atoms. The Hall–Kier alpha value is -11.1. The highest BCUT2D eigenvalue weighted by molar-refractivity contribution is 6.32. The zero-order valence-electron chi connectivity index (χ0n) is 67.8. The fourth-order valence-electron chi connectivity index (χ4n) is 14.2. The summed E-state index contributed by atoms with van der Waals surface area (Å²) >= 11 is 17.4. The number of carbonyl (C=O) groups excluding carboxylic acids is 3. The number of rotatable bonds is 14. The summed E-state index contributed by atoms with van der Waals surface area (Å²) in [6.07, 6.45) is 5.31. The lowest BCUT2D eigenvalue weighted by Gasteiger charge is -2.21. The molecular weight excluding hydrogens is 1610 g/mol. The lowest BCUT2D eigenvalue weighted by atomic mass is 10.0. The molecule has 29 nitrogen and oxygen atoms in total. The molecule has 0 bridgehead atoms. The number of ketones is 2. The van der Waals surface area contributed by atoms with Gasteiger partial charge in [-0.3, -0.25) is 33.3 Å². The molecule has 32 heteroatoms. The van der Waals surface area contributed by atoms with Gasteiger partial charge in [-0.05, 0) is 77.0 Å². The van der Waals surface area contributed by atoms with Crippen molar-refractivity contribution in [3.05, 3.63) is 273 Å². The Labute approximate surface area is 714 Å².